The molecule has 0 N–H and O–H groups in total. The van der Waals surface area contributed by atoms with E-state index in [1.165, 1.54) is 30.9 Å². The van der Waals surface area contributed by atoms with Crippen LogP contribution in [0.25, 0.3) is 0 Å². The maximum atomic E-state index is 13.7. The number of rotatable bonds is 3. The molecule has 0 bridgehead atoms. The van der Waals surface area contributed by atoms with Gasteiger partial charge in [0, 0.05) is 18.4 Å². The lowest BCUT2D eigenvalue weighted by Gasteiger charge is -2.60. The van der Waals surface area contributed by atoms with Gasteiger partial charge in [-0.3, -0.25) is 4.79 Å². The highest BCUT2D eigenvalue weighted by Crippen LogP contribution is 2.66. The molecular formula is C29H42O2Si. The van der Waals surface area contributed by atoms with Gasteiger partial charge in [0.05, 0.1) is 0 Å². The van der Waals surface area contributed by atoms with E-state index in [0.29, 0.717) is 23.0 Å². The second-order valence-electron chi connectivity index (χ2n) is 12.3. The summed E-state index contributed by atoms with van der Waals surface area (Å²) in [6.07, 6.45) is 11.9. The highest BCUT2D eigenvalue weighted by atomic mass is 28.4. The van der Waals surface area contributed by atoms with Gasteiger partial charge in [-0.05, 0) is 98.7 Å². The molecule has 0 aliphatic heterocycles. The first-order valence-electron chi connectivity index (χ1n) is 13.1. The number of fused-ring (bicyclic) bond motifs is 5. The monoisotopic (exact) mass is 450 g/mol. The Hall–Kier alpha value is -1.19. The average molecular weight is 451 g/mol. The number of ketones is 1. The fraction of sp³-hybridized carbons (Fsp3) is 0.690. The molecule has 0 spiro atoms. The van der Waals surface area contributed by atoms with E-state index < -0.39 is 8.32 Å². The Bertz CT molecular complexity index is 905. The zero-order chi connectivity index (χ0) is 22.7. The van der Waals surface area contributed by atoms with Gasteiger partial charge >= 0.3 is 0 Å². The van der Waals surface area contributed by atoms with Crippen molar-refractivity contribution < 1.29 is 9.22 Å². The van der Waals surface area contributed by atoms with E-state index in [4.69, 9.17) is 4.43 Å². The van der Waals surface area contributed by atoms with Gasteiger partial charge in [-0.1, -0.05) is 55.8 Å². The van der Waals surface area contributed by atoms with Crippen LogP contribution in [0.5, 0.6) is 0 Å². The second-order valence-corrected chi connectivity index (χ2v) is 16.1. The Kier molecular flexibility index (Phi) is 5.61. The van der Waals surface area contributed by atoms with Crippen molar-refractivity contribution in [2.75, 3.05) is 0 Å². The van der Waals surface area contributed by atoms with Crippen LogP contribution in [-0.4, -0.2) is 20.2 Å². The normalized spacial score (nSPS) is 43.0. The highest BCUT2D eigenvalue weighted by molar-refractivity contribution is 6.84. The minimum absolute atomic E-state index is 0.179. The number of hydrogen-bond donors (Lipinski definition) is 0. The van der Waals surface area contributed by atoms with Crippen LogP contribution in [0.2, 0.25) is 13.1 Å². The van der Waals surface area contributed by atoms with Crippen molar-refractivity contribution in [1.29, 1.82) is 0 Å². The Morgan fingerprint density at radius 1 is 1.03 bits per heavy atom. The molecule has 0 amide bonds. The third kappa shape index (κ3) is 3.41. The molecule has 0 saturated heterocycles. The zero-order valence-electron chi connectivity index (χ0n) is 20.8. The van der Waals surface area contributed by atoms with Crippen LogP contribution < -0.4 is 5.19 Å². The van der Waals surface area contributed by atoms with Gasteiger partial charge in [-0.15, -0.1) is 0 Å². The molecule has 4 aliphatic carbocycles. The molecule has 0 heterocycles. The van der Waals surface area contributed by atoms with Crippen LogP contribution in [0.4, 0.5) is 0 Å². The predicted octanol–water partition coefficient (Wildman–Crippen LogP) is 6.65. The highest BCUT2D eigenvalue weighted by Gasteiger charge is 2.61. The molecule has 0 unspecified atom stereocenters. The zero-order valence-corrected chi connectivity index (χ0v) is 21.8. The summed E-state index contributed by atoms with van der Waals surface area (Å²) < 4.78 is 6.84. The summed E-state index contributed by atoms with van der Waals surface area (Å²) in [7, 11) is -1.96. The van der Waals surface area contributed by atoms with Crippen LogP contribution in [0.3, 0.4) is 0 Å². The summed E-state index contributed by atoms with van der Waals surface area (Å²) in [5.74, 6) is 2.80. The molecule has 4 saturated carbocycles. The Morgan fingerprint density at radius 3 is 2.50 bits per heavy atom. The second kappa shape index (κ2) is 7.94. The number of hydrogen-bond acceptors (Lipinski definition) is 2. The molecule has 4 aliphatic rings. The minimum atomic E-state index is -1.96. The van der Waals surface area contributed by atoms with Gasteiger partial charge in [0.15, 0.2) is 0 Å². The molecule has 2 nitrogen and oxygen atoms in total. The summed E-state index contributed by atoms with van der Waals surface area (Å²) in [5, 5.41) is 1.36. The lowest BCUT2D eigenvalue weighted by atomic mass is 9.44. The van der Waals surface area contributed by atoms with Gasteiger partial charge < -0.3 is 4.43 Å². The Labute approximate surface area is 196 Å². The number of Topliss-reactive ketones (excluding diaryl/α,β-unsaturated/α-hetero) is 1. The van der Waals surface area contributed by atoms with Crippen molar-refractivity contribution in [2.45, 2.75) is 91.3 Å². The molecule has 1 aromatic carbocycles. The SMILES string of the molecule is C/C=C1/CC[C@H]2[C@@H]3CC(=O)[C@H]4C[C@H](O[Si](C)(C)c5ccccc5)CC[C@]4(C)[C@H]3CC[C@]12C. The van der Waals surface area contributed by atoms with Crippen LogP contribution in [-0.2, 0) is 9.22 Å². The molecule has 32 heavy (non-hydrogen) atoms. The summed E-state index contributed by atoms with van der Waals surface area (Å²) in [4.78, 5) is 13.7. The van der Waals surface area contributed by atoms with E-state index in [2.05, 4.69) is 70.3 Å². The molecule has 3 heteroatoms. The van der Waals surface area contributed by atoms with E-state index in [1.807, 2.05) is 0 Å². The third-order valence-corrected chi connectivity index (χ3v) is 13.2. The molecule has 1 aromatic rings. The Balaban J connectivity index is 1.35. The topological polar surface area (TPSA) is 26.3 Å². The van der Waals surface area contributed by atoms with Crippen LogP contribution in [0.1, 0.15) is 72.1 Å². The molecule has 7 atom stereocenters. The van der Waals surface area contributed by atoms with E-state index in [0.717, 1.165) is 31.6 Å². The minimum Gasteiger partial charge on any atom is -0.410 e. The van der Waals surface area contributed by atoms with Crippen molar-refractivity contribution in [1.82, 2.24) is 0 Å². The van der Waals surface area contributed by atoms with E-state index in [1.54, 1.807) is 5.57 Å². The first kappa shape index (κ1) is 22.6. The fourth-order valence-electron chi connectivity index (χ4n) is 8.76. The number of benzene rings is 1. The van der Waals surface area contributed by atoms with Gasteiger partial charge in [0.2, 0.25) is 8.32 Å². The van der Waals surface area contributed by atoms with Crippen molar-refractivity contribution in [2.24, 2.45) is 34.5 Å². The van der Waals surface area contributed by atoms with E-state index >= 15 is 0 Å². The van der Waals surface area contributed by atoms with Gasteiger partial charge in [-0.25, -0.2) is 0 Å². The third-order valence-electron chi connectivity index (χ3n) is 10.5. The maximum Gasteiger partial charge on any atom is 0.218 e. The smallest absolute Gasteiger partial charge is 0.218 e. The van der Waals surface area contributed by atoms with Crippen molar-refractivity contribution >= 4 is 19.3 Å². The summed E-state index contributed by atoms with van der Waals surface area (Å²) in [6.45, 7) is 11.8. The first-order chi connectivity index (χ1) is 15.2. The number of carbonyl (C=O) groups excluding carboxylic acids is 1. The largest absolute Gasteiger partial charge is 0.410 e. The average Bonchev–Trinajstić information content (AvgIpc) is 3.12. The molecule has 4 fully saturated rings. The fourth-order valence-corrected chi connectivity index (χ4v) is 10.9. The molecule has 0 radical (unpaired) electrons. The lowest BCUT2D eigenvalue weighted by molar-refractivity contribution is -0.155. The number of allylic oxidation sites excluding steroid dienone is 2. The summed E-state index contributed by atoms with van der Waals surface area (Å²) in [5.41, 5.74) is 2.20. The predicted molar refractivity (Wildman–Crippen MR) is 134 cm³/mol. The van der Waals surface area contributed by atoms with Crippen molar-refractivity contribution in [3.05, 3.63) is 42.0 Å². The van der Waals surface area contributed by atoms with Gasteiger partial charge in [0.25, 0.3) is 0 Å². The quantitative estimate of drug-likeness (QED) is 0.380. The maximum absolute atomic E-state index is 13.7. The molecule has 5 rings (SSSR count). The number of carbonyl (C=O) groups is 1. The van der Waals surface area contributed by atoms with Crippen molar-refractivity contribution in [3.8, 4) is 0 Å². The van der Waals surface area contributed by atoms with E-state index in [-0.39, 0.29) is 17.4 Å². The van der Waals surface area contributed by atoms with Crippen LogP contribution in [0.15, 0.2) is 42.0 Å². The van der Waals surface area contributed by atoms with Crippen LogP contribution >= 0.6 is 0 Å². The standard InChI is InChI=1S/C29H42O2Si/c1-6-20-12-13-24-23-19-27(30)26-18-21(31-32(4,5)22-10-8-7-9-11-22)14-16-29(26,3)25(23)15-17-28(20,24)2/h6-11,21,23-26H,12-19H2,1-5H3/b20-6-/t21-,23+,24+,25+,26-,28-,29-/m1/s1. The molecule has 174 valence electrons. The van der Waals surface area contributed by atoms with Gasteiger partial charge in [-0.2, -0.15) is 0 Å². The first-order valence-corrected chi connectivity index (χ1v) is 16.0. The Morgan fingerprint density at radius 2 is 1.78 bits per heavy atom. The van der Waals surface area contributed by atoms with Gasteiger partial charge in [0.1, 0.15) is 5.78 Å². The van der Waals surface area contributed by atoms with Crippen molar-refractivity contribution in [3.63, 3.8) is 0 Å². The van der Waals surface area contributed by atoms with Crippen LogP contribution in [0, 0.1) is 34.5 Å². The molecular weight excluding hydrogens is 408 g/mol. The lowest BCUT2D eigenvalue weighted by Crippen LogP contribution is -2.58. The van der Waals surface area contributed by atoms with E-state index in [9.17, 15) is 4.79 Å². The molecule has 0 aromatic heterocycles. The summed E-state index contributed by atoms with van der Waals surface area (Å²) in [6, 6.07) is 10.8. The summed E-state index contributed by atoms with van der Waals surface area (Å²) >= 11 is 0.